The van der Waals surface area contributed by atoms with Crippen LogP contribution in [0.15, 0.2) is 23.2 Å². The molecule has 4 N–H and O–H groups in total. The number of aromatic hydroxyl groups is 1. The Bertz CT molecular complexity index is 633. The summed E-state index contributed by atoms with van der Waals surface area (Å²) < 4.78 is 5.43. The fraction of sp³-hybridized carbons (Fsp3) is 0.579. The zero-order valence-corrected chi connectivity index (χ0v) is 15.7. The monoisotopic (exact) mass is 362 g/mol. The van der Waals surface area contributed by atoms with Gasteiger partial charge in [-0.05, 0) is 50.3 Å². The molecule has 26 heavy (non-hydrogen) atoms. The van der Waals surface area contributed by atoms with Crippen LogP contribution in [-0.4, -0.2) is 48.1 Å². The molecule has 1 aliphatic rings. The molecule has 1 aromatic rings. The van der Waals surface area contributed by atoms with Crippen LogP contribution in [0.3, 0.4) is 0 Å². The summed E-state index contributed by atoms with van der Waals surface area (Å²) in [7, 11) is 0. The van der Waals surface area contributed by atoms with Crippen LogP contribution in [0.1, 0.15) is 38.7 Å². The van der Waals surface area contributed by atoms with E-state index in [1.807, 2.05) is 26.0 Å². The van der Waals surface area contributed by atoms with Gasteiger partial charge in [0, 0.05) is 26.1 Å². The Kier molecular flexibility index (Phi) is 7.56. The van der Waals surface area contributed by atoms with Crippen LogP contribution in [-0.2, 0) is 11.3 Å². The Morgan fingerprint density at radius 2 is 2.27 bits per heavy atom. The van der Waals surface area contributed by atoms with Crippen molar-refractivity contribution in [2.45, 2.75) is 39.7 Å². The number of nitrogens with two attached hydrogens (primary N) is 1. The van der Waals surface area contributed by atoms with Gasteiger partial charge in [-0.2, -0.15) is 0 Å². The average Bonchev–Trinajstić information content (AvgIpc) is 2.61. The van der Waals surface area contributed by atoms with Crippen LogP contribution >= 0.6 is 0 Å². The average molecular weight is 362 g/mol. The second-order valence-electron chi connectivity index (χ2n) is 6.53. The van der Waals surface area contributed by atoms with E-state index in [4.69, 9.17) is 15.5 Å². The molecule has 0 saturated carbocycles. The maximum Gasteiger partial charge on any atom is 0.217 e. The summed E-state index contributed by atoms with van der Waals surface area (Å²) in [5.74, 6) is 1.49. The van der Waals surface area contributed by atoms with Gasteiger partial charge in [-0.15, -0.1) is 0 Å². The van der Waals surface area contributed by atoms with Crippen LogP contribution < -0.4 is 15.8 Å². The molecule has 1 saturated heterocycles. The van der Waals surface area contributed by atoms with Crippen LogP contribution in [0.2, 0.25) is 0 Å². The lowest BCUT2D eigenvalue weighted by Gasteiger charge is -2.34. The molecule has 2 rings (SSSR count). The zero-order valence-electron chi connectivity index (χ0n) is 15.7. The Labute approximate surface area is 155 Å². The molecule has 1 fully saturated rings. The minimum absolute atomic E-state index is 0.136. The van der Waals surface area contributed by atoms with Gasteiger partial charge in [-0.3, -0.25) is 4.79 Å². The molecule has 1 aliphatic heterocycles. The largest absolute Gasteiger partial charge is 0.504 e. The van der Waals surface area contributed by atoms with Gasteiger partial charge >= 0.3 is 0 Å². The third kappa shape index (κ3) is 5.82. The first-order chi connectivity index (χ1) is 12.5. The smallest absolute Gasteiger partial charge is 0.217 e. The highest BCUT2D eigenvalue weighted by Crippen LogP contribution is 2.27. The predicted molar refractivity (Wildman–Crippen MR) is 102 cm³/mol. The Morgan fingerprint density at radius 3 is 2.96 bits per heavy atom. The van der Waals surface area contributed by atoms with Crippen molar-refractivity contribution >= 4 is 11.9 Å². The van der Waals surface area contributed by atoms with Crippen molar-refractivity contribution in [1.82, 2.24) is 10.2 Å². The van der Waals surface area contributed by atoms with Gasteiger partial charge < -0.3 is 25.8 Å². The second-order valence-corrected chi connectivity index (χ2v) is 6.53. The first-order valence-corrected chi connectivity index (χ1v) is 9.29. The number of guanidine groups is 1. The number of phenols is 1. The topological polar surface area (TPSA) is 100 Å². The minimum atomic E-state index is -0.244. The number of likely N-dealkylation sites (tertiary alicyclic amines) is 1. The number of rotatable bonds is 7. The molecule has 7 nitrogen and oxygen atoms in total. The van der Waals surface area contributed by atoms with Crippen LogP contribution in [0.4, 0.5) is 0 Å². The van der Waals surface area contributed by atoms with Gasteiger partial charge in [-0.1, -0.05) is 6.07 Å². The van der Waals surface area contributed by atoms with Crippen molar-refractivity contribution in [2.24, 2.45) is 16.6 Å². The number of hydrogen-bond donors (Lipinski definition) is 3. The van der Waals surface area contributed by atoms with Gasteiger partial charge in [0.1, 0.15) is 0 Å². The van der Waals surface area contributed by atoms with E-state index in [1.165, 1.54) is 0 Å². The Balaban J connectivity index is 2.08. The van der Waals surface area contributed by atoms with E-state index >= 15 is 0 Å². The number of amides is 1. The Hall–Kier alpha value is -2.44. The molecule has 7 heteroatoms. The number of piperidine rings is 1. The Morgan fingerprint density at radius 1 is 1.46 bits per heavy atom. The third-order valence-electron chi connectivity index (χ3n) is 4.38. The van der Waals surface area contributed by atoms with Crippen LogP contribution in [0.5, 0.6) is 11.5 Å². The number of benzene rings is 1. The van der Waals surface area contributed by atoms with Gasteiger partial charge in [0.25, 0.3) is 0 Å². The van der Waals surface area contributed by atoms with Crippen molar-refractivity contribution in [3.05, 3.63) is 23.8 Å². The summed E-state index contributed by atoms with van der Waals surface area (Å²) in [5, 5.41) is 13.1. The quantitative estimate of drug-likeness (QED) is 0.508. The number of phenolic OH excluding ortho intramolecular Hbond substituents is 1. The summed E-state index contributed by atoms with van der Waals surface area (Å²) in [5.41, 5.74) is 6.32. The fourth-order valence-corrected chi connectivity index (χ4v) is 3.23. The van der Waals surface area contributed by atoms with E-state index < -0.39 is 0 Å². The molecule has 0 radical (unpaired) electrons. The van der Waals surface area contributed by atoms with Crippen LogP contribution in [0.25, 0.3) is 0 Å². The number of carbonyl (C=O) groups is 1. The lowest BCUT2D eigenvalue weighted by Crippen LogP contribution is -2.47. The summed E-state index contributed by atoms with van der Waals surface area (Å²) >= 11 is 0. The maximum absolute atomic E-state index is 11.2. The normalized spacial score (nSPS) is 17.8. The first-order valence-electron chi connectivity index (χ1n) is 9.29. The second kappa shape index (κ2) is 9.89. The van der Waals surface area contributed by atoms with Crippen molar-refractivity contribution in [1.29, 1.82) is 0 Å². The molecular weight excluding hydrogens is 332 g/mol. The lowest BCUT2D eigenvalue weighted by molar-refractivity contribution is -0.119. The summed E-state index contributed by atoms with van der Waals surface area (Å²) in [6.45, 7) is 7.38. The van der Waals surface area contributed by atoms with Crippen molar-refractivity contribution in [3.8, 4) is 11.5 Å². The molecule has 0 aromatic heterocycles. The number of nitrogens with one attached hydrogen (secondary N) is 1. The van der Waals surface area contributed by atoms with Crippen molar-refractivity contribution < 1.29 is 14.6 Å². The SMILES string of the molecule is CCNC(=NCc1ccc(O)c(OCC)c1)N1CCCC(CC(N)=O)C1. The standard InChI is InChI=1S/C19H30N4O3/c1-3-21-19(23-9-5-6-15(13-23)11-18(20)25)22-12-14-7-8-16(24)17(10-14)26-4-2/h7-8,10,15,24H,3-6,9,11-13H2,1-2H3,(H2,20,25)(H,21,22). The van der Waals surface area contributed by atoms with E-state index in [-0.39, 0.29) is 17.6 Å². The number of primary amides is 1. The predicted octanol–water partition coefficient (Wildman–Crippen LogP) is 1.84. The fourth-order valence-electron chi connectivity index (χ4n) is 3.23. The number of aliphatic imine (C=N–C) groups is 1. The van der Waals surface area contributed by atoms with Crippen LogP contribution in [0, 0.1) is 5.92 Å². The molecule has 1 unspecified atom stereocenters. The molecule has 0 spiro atoms. The molecule has 1 heterocycles. The zero-order chi connectivity index (χ0) is 18.9. The summed E-state index contributed by atoms with van der Waals surface area (Å²) in [6, 6.07) is 5.29. The lowest BCUT2D eigenvalue weighted by atomic mass is 9.95. The third-order valence-corrected chi connectivity index (χ3v) is 4.38. The molecule has 0 aliphatic carbocycles. The molecule has 1 atom stereocenters. The number of carbonyl (C=O) groups excluding carboxylic acids is 1. The highest BCUT2D eigenvalue weighted by Gasteiger charge is 2.23. The van der Waals surface area contributed by atoms with Crippen molar-refractivity contribution in [2.75, 3.05) is 26.2 Å². The van der Waals surface area contributed by atoms with E-state index in [0.29, 0.717) is 25.3 Å². The van der Waals surface area contributed by atoms with E-state index in [1.54, 1.807) is 6.07 Å². The van der Waals surface area contributed by atoms with E-state index in [2.05, 4.69) is 10.2 Å². The maximum atomic E-state index is 11.2. The highest BCUT2D eigenvalue weighted by atomic mass is 16.5. The number of hydrogen-bond acceptors (Lipinski definition) is 4. The van der Waals surface area contributed by atoms with Gasteiger partial charge in [-0.25, -0.2) is 4.99 Å². The van der Waals surface area contributed by atoms with E-state index in [0.717, 1.165) is 44.0 Å². The summed E-state index contributed by atoms with van der Waals surface area (Å²) in [6.07, 6.45) is 2.47. The first kappa shape index (κ1) is 19.9. The van der Waals surface area contributed by atoms with E-state index in [9.17, 15) is 9.90 Å². The van der Waals surface area contributed by atoms with Crippen molar-refractivity contribution in [3.63, 3.8) is 0 Å². The molecule has 1 amide bonds. The number of ether oxygens (including phenoxy) is 1. The molecule has 0 bridgehead atoms. The van der Waals surface area contributed by atoms with Gasteiger partial charge in [0.15, 0.2) is 17.5 Å². The molecular formula is C19H30N4O3. The summed E-state index contributed by atoms with van der Waals surface area (Å²) in [4.78, 5) is 18.1. The van der Waals surface area contributed by atoms with Gasteiger partial charge in [0.05, 0.1) is 13.2 Å². The number of nitrogens with zero attached hydrogens (tertiary/aromatic N) is 2. The molecule has 1 aromatic carbocycles. The minimum Gasteiger partial charge on any atom is -0.504 e. The van der Waals surface area contributed by atoms with Gasteiger partial charge in [0.2, 0.25) is 5.91 Å². The molecule has 144 valence electrons. The highest BCUT2D eigenvalue weighted by molar-refractivity contribution is 5.80.